The van der Waals surface area contributed by atoms with Crippen molar-refractivity contribution in [2.45, 2.75) is 24.0 Å². The molecule has 0 unspecified atom stereocenters. The van der Waals surface area contributed by atoms with Gasteiger partial charge in [-0.05, 0) is 53.4 Å². The summed E-state index contributed by atoms with van der Waals surface area (Å²) in [5.74, 6) is 0.855. The van der Waals surface area contributed by atoms with E-state index in [1.807, 2.05) is 6.07 Å². The summed E-state index contributed by atoms with van der Waals surface area (Å²) < 4.78 is 40.4. The molecule has 0 radical (unpaired) electrons. The number of rotatable bonds is 10. The number of carbonyl (C=O) groups is 1. The second-order valence-corrected chi connectivity index (χ2v) is 10.5. The summed E-state index contributed by atoms with van der Waals surface area (Å²) in [7, 11) is -2.34. The van der Waals surface area contributed by atoms with Gasteiger partial charge in [0.25, 0.3) is 15.9 Å². The second kappa shape index (κ2) is 10.8. The average molecular weight is 493 g/mol. The molecule has 1 amide bonds. The molecule has 3 rings (SSSR count). The fraction of sp³-hybridized carbons (Fsp3) is 0.273. The van der Waals surface area contributed by atoms with Crippen LogP contribution in [0, 0.1) is 0 Å². The molecule has 2 aromatic rings. The fourth-order valence-corrected chi connectivity index (χ4v) is 5.96. The molecule has 0 N–H and O–H groups in total. The molecule has 1 fully saturated rings. The molecule has 2 heterocycles. The zero-order valence-electron chi connectivity index (χ0n) is 17.8. The van der Waals surface area contributed by atoms with E-state index in [1.165, 1.54) is 17.0 Å². The molecule has 1 aromatic heterocycles. The topological polar surface area (TPSA) is 85.3 Å². The van der Waals surface area contributed by atoms with Crippen LogP contribution in [0.5, 0.6) is 11.5 Å². The Morgan fingerprint density at radius 3 is 2.72 bits per heavy atom. The first kappa shape index (κ1) is 24.1. The smallest absolute Gasteiger partial charge is 0.294 e. The number of hydrogen-bond donors (Lipinski definition) is 0. The fourth-order valence-electron chi connectivity index (χ4n) is 2.80. The van der Waals surface area contributed by atoms with Gasteiger partial charge in [0, 0.05) is 6.54 Å². The highest BCUT2D eigenvalue weighted by Crippen LogP contribution is 2.36. The Morgan fingerprint density at radius 2 is 2.06 bits per heavy atom. The average Bonchev–Trinajstić information content (AvgIpc) is 3.40. The lowest BCUT2D eigenvalue weighted by Crippen LogP contribution is -2.29. The van der Waals surface area contributed by atoms with Crippen LogP contribution in [0.3, 0.4) is 0 Å². The third kappa shape index (κ3) is 5.62. The first-order valence-electron chi connectivity index (χ1n) is 9.91. The van der Waals surface area contributed by atoms with Crippen LogP contribution in [0.2, 0.25) is 0 Å². The van der Waals surface area contributed by atoms with Crippen molar-refractivity contribution in [1.82, 2.24) is 4.90 Å². The van der Waals surface area contributed by atoms with Gasteiger partial charge in [0.2, 0.25) is 0 Å². The van der Waals surface area contributed by atoms with Crippen LogP contribution in [-0.4, -0.2) is 44.7 Å². The van der Waals surface area contributed by atoms with Gasteiger partial charge in [-0.2, -0.15) is 8.42 Å². The highest BCUT2D eigenvalue weighted by atomic mass is 32.2. The normalized spacial score (nSPS) is 16.7. The van der Waals surface area contributed by atoms with Crippen molar-refractivity contribution in [3.63, 3.8) is 0 Å². The largest absolute Gasteiger partial charge is 0.493 e. The molecule has 1 aliphatic heterocycles. The van der Waals surface area contributed by atoms with Crippen molar-refractivity contribution in [1.29, 1.82) is 0 Å². The summed E-state index contributed by atoms with van der Waals surface area (Å²) in [6, 6.07) is 8.50. The molecular weight excluding hydrogens is 468 g/mol. The molecule has 0 saturated carbocycles. The first-order chi connectivity index (χ1) is 15.4. The van der Waals surface area contributed by atoms with Crippen LogP contribution in [-0.2, 0) is 14.8 Å². The Balaban J connectivity index is 1.93. The molecule has 0 aliphatic carbocycles. The van der Waals surface area contributed by atoms with Crippen LogP contribution in [0.4, 0.5) is 0 Å². The van der Waals surface area contributed by atoms with Gasteiger partial charge in [0.05, 0.1) is 18.6 Å². The van der Waals surface area contributed by atoms with Gasteiger partial charge in [-0.25, -0.2) is 0 Å². The van der Waals surface area contributed by atoms with E-state index in [9.17, 15) is 13.2 Å². The Labute approximate surface area is 196 Å². The zero-order chi connectivity index (χ0) is 23.1. The van der Waals surface area contributed by atoms with Gasteiger partial charge >= 0.3 is 0 Å². The number of ether oxygens (including phenoxy) is 2. The molecule has 32 heavy (non-hydrogen) atoms. The number of thiophene rings is 1. The molecular formula is C22H24N2O5S3. The molecule has 1 saturated heterocycles. The Kier molecular flexibility index (Phi) is 8.16. The lowest BCUT2D eigenvalue weighted by atomic mass is 10.2. The highest BCUT2D eigenvalue weighted by Gasteiger charge is 2.34. The molecule has 10 heteroatoms. The van der Waals surface area contributed by atoms with Crippen molar-refractivity contribution >= 4 is 50.3 Å². The van der Waals surface area contributed by atoms with Crippen LogP contribution in [0.25, 0.3) is 6.08 Å². The van der Waals surface area contributed by atoms with Crippen molar-refractivity contribution < 1.29 is 22.7 Å². The number of unbranched alkanes of at least 4 members (excludes halogenated alkanes) is 1. The number of amidine groups is 1. The lowest BCUT2D eigenvalue weighted by Gasteiger charge is -2.12. The third-order valence-corrected chi connectivity index (χ3v) is 8.15. The number of sulfonamides is 1. The lowest BCUT2D eigenvalue weighted by molar-refractivity contribution is -0.121. The van der Waals surface area contributed by atoms with Crippen molar-refractivity contribution in [2.75, 3.05) is 20.3 Å². The van der Waals surface area contributed by atoms with Crippen molar-refractivity contribution in [3.8, 4) is 11.5 Å². The van der Waals surface area contributed by atoms with E-state index < -0.39 is 10.0 Å². The third-order valence-electron chi connectivity index (χ3n) is 4.39. The van der Waals surface area contributed by atoms with E-state index in [0.29, 0.717) is 23.0 Å². The summed E-state index contributed by atoms with van der Waals surface area (Å²) >= 11 is 2.09. The van der Waals surface area contributed by atoms with Gasteiger partial charge in [0.15, 0.2) is 16.7 Å². The Morgan fingerprint density at radius 1 is 1.25 bits per heavy atom. The highest BCUT2D eigenvalue weighted by molar-refractivity contribution is 8.19. The minimum atomic E-state index is -3.91. The molecule has 170 valence electrons. The number of hydrogen-bond acceptors (Lipinski definition) is 7. The number of thioether (sulfide) groups is 1. The zero-order valence-corrected chi connectivity index (χ0v) is 20.3. The summed E-state index contributed by atoms with van der Waals surface area (Å²) in [5.41, 5.74) is 0.731. The maximum Gasteiger partial charge on any atom is 0.294 e. The first-order valence-corrected chi connectivity index (χ1v) is 13.0. The summed E-state index contributed by atoms with van der Waals surface area (Å²) in [6.45, 7) is 6.45. The predicted molar refractivity (Wildman–Crippen MR) is 130 cm³/mol. The van der Waals surface area contributed by atoms with Gasteiger partial charge in [-0.3, -0.25) is 9.69 Å². The maximum absolute atomic E-state index is 13.0. The summed E-state index contributed by atoms with van der Waals surface area (Å²) in [5, 5.41) is 1.76. The maximum atomic E-state index is 13.0. The van der Waals surface area contributed by atoms with E-state index in [-0.39, 0.29) is 21.8 Å². The number of nitrogens with zero attached hydrogens (tertiary/aromatic N) is 2. The summed E-state index contributed by atoms with van der Waals surface area (Å²) in [6.07, 6.45) is 5.14. The van der Waals surface area contributed by atoms with Crippen molar-refractivity contribution in [3.05, 3.63) is 58.8 Å². The van der Waals surface area contributed by atoms with E-state index in [1.54, 1.807) is 36.8 Å². The molecule has 0 atom stereocenters. The quantitative estimate of drug-likeness (QED) is 0.270. The Hall–Kier alpha value is -2.56. The number of benzene rings is 1. The second-order valence-electron chi connectivity index (χ2n) is 6.71. The molecule has 0 spiro atoms. The van der Waals surface area contributed by atoms with Crippen LogP contribution in [0.15, 0.2) is 61.9 Å². The number of methoxy groups -OCH3 is 1. The molecule has 0 bridgehead atoms. The minimum absolute atomic E-state index is 0.0995. The monoisotopic (exact) mass is 492 g/mol. The van der Waals surface area contributed by atoms with Crippen LogP contribution in [0.1, 0.15) is 25.3 Å². The van der Waals surface area contributed by atoms with E-state index in [2.05, 4.69) is 17.9 Å². The van der Waals surface area contributed by atoms with Gasteiger partial charge in [0.1, 0.15) is 4.21 Å². The number of carbonyl (C=O) groups excluding carboxylic acids is 1. The Bertz CT molecular complexity index is 1140. The van der Waals surface area contributed by atoms with Gasteiger partial charge < -0.3 is 9.47 Å². The minimum Gasteiger partial charge on any atom is -0.493 e. The van der Waals surface area contributed by atoms with E-state index >= 15 is 0 Å². The molecule has 7 nitrogen and oxygen atoms in total. The summed E-state index contributed by atoms with van der Waals surface area (Å²) in [4.78, 5) is 14.6. The van der Waals surface area contributed by atoms with Crippen LogP contribution >= 0.6 is 23.1 Å². The SMILES string of the molecule is C=CCN1C(=O)/C(=C/c2ccc(OC)c(OCCCC)c2)SC1=NS(=O)(=O)c1cccs1. The van der Waals surface area contributed by atoms with Crippen LogP contribution < -0.4 is 9.47 Å². The van der Waals surface area contributed by atoms with E-state index in [4.69, 9.17) is 9.47 Å². The standard InChI is InChI=1S/C22H24N2O5S3/c1-4-6-12-29-18-14-16(9-10-17(18)28-3)15-19-21(25)24(11-5-2)22(31-19)23-32(26,27)20-8-7-13-30-20/h5,7-10,13-15H,2,4,6,11-12H2,1,3H3/b19-15-,23-22?. The van der Waals surface area contributed by atoms with Crippen molar-refractivity contribution in [2.24, 2.45) is 4.40 Å². The van der Waals surface area contributed by atoms with Gasteiger partial charge in [-0.1, -0.05) is 31.6 Å². The predicted octanol–water partition coefficient (Wildman–Crippen LogP) is 4.78. The molecule has 1 aromatic carbocycles. The van der Waals surface area contributed by atoms with E-state index in [0.717, 1.165) is 41.5 Å². The van der Waals surface area contributed by atoms with Gasteiger partial charge in [-0.15, -0.1) is 22.3 Å². The number of amides is 1. The molecule has 1 aliphatic rings.